The first-order valence-corrected chi connectivity index (χ1v) is 5.68. The van der Waals surface area contributed by atoms with E-state index in [1.165, 1.54) is 0 Å². The zero-order valence-electron chi connectivity index (χ0n) is 8.46. The highest BCUT2D eigenvalue weighted by Crippen LogP contribution is 2.27. The predicted octanol–water partition coefficient (Wildman–Crippen LogP) is 2.97. The first-order valence-electron chi connectivity index (χ1n) is 4.60. The number of para-hydroxylation sites is 1. The molecule has 0 radical (unpaired) electrons. The van der Waals surface area contributed by atoms with Crippen molar-refractivity contribution in [2.75, 3.05) is 11.9 Å². The Morgan fingerprint density at radius 2 is 2.00 bits per heavy atom. The molecule has 0 spiro atoms. The lowest BCUT2D eigenvalue weighted by Crippen LogP contribution is -2.36. The topological polar surface area (TPSA) is 49.3 Å². The number of carboxylic acid groups (broad SMARTS) is 1. The fourth-order valence-electron chi connectivity index (χ4n) is 1.16. The Morgan fingerprint density at radius 1 is 1.41 bits per heavy atom. The second-order valence-electron chi connectivity index (χ2n) is 3.29. The van der Waals surface area contributed by atoms with Crippen LogP contribution in [0, 0.1) is 9.49 Å². The Kier molecular flexibility index (Phi) is 4.61. The van der Waals surface area contributed by atoms with Gasteiger partial charge in [0.2, 0.25) is 0 Å². The van der Waals surface area contributed by atoms with Crippen molar-refractivity contribution in [3.05, 3.63) is 27.8 Å². The van der Waals surface area contributed by atoms with Gasteiger partial charge in [-0.15, -0.1) is 0 Å². The van der Waals surface area contributed by atoms with Crippen LogP contribution in [0.25, 0.3) is 0 Å². The number of rotatable bonds is 4. The van der Waals surface area contributed by atoms with Gasteiger partial charge in [-0.05, 0) is 34.7 Å². The van der Waals surface area contributed by atoms with Crippen molar-refractivity contribution in [1.29, 1.82) is 0 Å². The van der Waals surface area contributed by atoms with E-state index in [9.17, 15) is 18.0 Å². The van der Waals surface area contributed by atoms with Crippen LogP contribution in [0.1, 0.15) is 0 Å². The number of anilines is 1. The summed E-state index contributed by atoms with van der Waals surface area (Å²) in [6, 6.07) is 6.71. The van der Waals surface area contributed by atoms with Crippen LogP contribution in [-0.2, 0) is 4.79 Å². The Labute approximate surface area is 109 Å². The molecule has 0 saturated heterocycles. The van der Waals surface area contributed by atoms with Crippen LogP contribution >= 0.6 is 22.6 Å². The summed E-state index contributed by atoms with van der Waals surface area (Å²) in [5.41, 5.74) is 0.489. The summed E-state index contributed by atoms with van der Waals surface area (Å²) in [4.78, 5) is 10.5. The van der Waals surface area contributed by atoms with E-state index in [1.54, 1.807) is 24.3 Å². The number of aliphatic carboxylic acids is 1. The molecule has 0 aliphatic carbocycles. The number of hydrogen-bond donors (Lipinski definition) is 2. The fourth-order valence-corrected chi connectivity index (χ4v) is 1.74. The highest BCUT2D eigenvalue weighted by molar-refractivity contribution is 14.1. The Morgan fingerprint density at radius 3 is 2.47 bits per heavy atom. The summed E-state index contributed by atoms with van der Waals surface area (Å²) < 4.78 is 37.8. The third-order valence-corrected chi connectivity index (χ3v) is 3.00. The second-order valence-corrected chi connectivity index (χ2v) is 4.46. The number of benzene rings is 1. The number of nitrogens with one attached hydrogen (secondary N) is 1. The van der Waals surface area contributed by atoms with Crippen molar-refractivity contribution in [1.82, 2.24) is 0 Å². The summed E-state index contributed by atoms with van der Waals surface area (Å²) in [6.07, 6.45) is -4.75. The molecule has 3 nitrogen and oxygen atoms in total. The summed E-state index contributed by atoms with van der Waals surface area (Å²) in [7, 11) is 0. The molecule has 0 amide bonds. The van der Waals surface area contributed by atoms with Crippen LogP contribution < -0.4 is 5.32 Å². The van der Waals surface area contributed by atoms with E-state index in [4.69, 9.17) is 5.11 Å². The average molecular weight is 359 g/mol. The van der Waals surface area contributed by atoms with Gasteiger partial charge in [0.15, 0.2) is 5.92 Å². The molecule has 0 aromatic heterocycles. The minimum absolute atomic E-state index is 0.489. The van der Waals surface area contributed by atoms with E-state index in [0.29, 0.717) is 5.69 Å². The van der Waals surface area contributed by atoms with Gasteiger partial charge in [-0.2, -0.15) is 13.2 Å². The summed E-state index contributed by atoms with van der Waals surface area (Å²) in [5, 5.41) is 11.0. The van der Waals surface area contributed by atoms with Gasteiger partial charge in [0.05, 0.1) is 0 Å². The standard InChI is InChI=1S/C10H9F3INO2/c11-10(12,13)6(9(16)17)5-15-8-4-2-1-3-7(8)14/h1-4,6,15H,5H2,(H,16,17). The van der Waals surface area contributed by atoms with Gasteiger partial charge in [-0.25, -0.2) is 0 Å². The molecule has 0 bridgehead atoms. The van der Waals surface area contributed by atoms with Crippen molar-refractivity contribution < 1.29 is 23.1 Å². The number of carboxylic acids is 1. The lowest BCUT2D eigenvalue weighted by molar-refractivity contribution is -0.190. The molecule has 1 unspecified atom stereocenters. The first kappa shape index (κ1) is 14.1. The predicted molar refractivity (Wildman–Crippen MR) is 64.8 cm³/mol. The molecular formula is C10H9F3INO2. The normalized spacial score (nSPS) is 13.2. The molecule has 1 atom stereocenters. The number of hydrogen-bond acceptors (Lipinski definition) is 2. The molecule has 0 heterocycles. The van der Waals surface area contributed by atoms with Gasteiger partial charge in [0, 0.05) is 15.8 Å². The van der Waals surface area contributed by atoms with E-state index in [1.807, 2.05) is 22.6 Å². The largest absolute Gasteiger partial charge is 0.481 e. The van der Waals surface area contributed by atoms with Crippen LogP contribution in [0.5, 0.6) is 0 Å². The Hall–Kier alpha value is -0.990. The van der Waals surface area contributed by atoms with Gasteiger partial charge in [0.25, 0.3) is 0 Å². The number of carbonyl (C=O) groups is 1. The van der Waals surface area contributed by atoms with Crippen LogP contribution in [0.3, 0.4) is 0 Å². The smallest absolute Gasteiger partial charge is 0.403 e. The maximum absolute atomic E-state index is 12.4. The van der Waals surface area contributed by atoms with E-state index in [0.717, 1.165) is 3.57 Å². The van der Waals surface area contributed by atoms with E-state index in [-0.39, 0.29) is 0 Å². The van der Waals surface area contributed by atoms with E-state index in [2.05, 4.69) is 5.32 Å². The van der Waals surface area contributed by atoms with Gasteiger partial charge in [0.1, 0.15) is 0 Å². The van der Waals surface area contributed by atoms with Crippen molar-refractivity contribution in [3.63, 3.8) is 0 Å². The summed E-state index contributed by atoms with van der Waals surface area (Å²) in [5.74, 6) is -4.28. The minimum Gasteiger partial charge on any atom is -0.481 e. The van der Waals surface area contributed by atoms with Crippen molar-refractivity contribution >= 4 is 34.2 Å². The maximum atomic E-state index is 12.4. The molecule has 1 rings (SSSR count). The van der Waals surface area contributed by atoms with Crippen LogP contribution in [0.15, 0.2) is 24.3 Å². The number of alkyl halides is 3. The average Bonchev–Trinajstić information content (AvgIpc) is 2.18. The quantitative estimate of drug-likeness (QED) is 0.813. The van der Waals surface area contributed by atoms with Crippen LogP contribution in [0.2, 0.25) is 0 Å². The zero-order valence-corrected chi connectivity index (χ0v) is 10.6. The van der Waals surface area contributed by atoms with Gasteiger partial charge in [-0.3, -0.25) is 4.79 Å². The van der Waals surface area contributed by atoms with Crippen molar-refractivity contribution in [3.8, 4) is 0 Å². The highest BCUT2D eigenvalue weighted by Gasteiger charge is 2.44. The molecule has 1 aromatic rings. The van der Waals surface area contributed by atoms with E-state index >= 15 is 0 Å². The van der Waals surface area contributed by atoms with Gasteiger partial charge >= 0.3 is 12.1 Å². The lowest BCUT2D eigenvalue weighted by Gasteiger charge is -2.17. The van der Waals surface area contributed by atoms with Crippen LogP contribution in [-0.4, -0.2) is 23.8 Å². The molecular weight excluding hydrogens is 350 g/mol. The maximum Gasteiger partial charge on any atom is 0.403 e. The monoisotopic (exact) mass is 359 g/mol. The van der Waals surface area contributed by atoms with Crippen molar-refractivity contribution in [2.45, 2.75) is 6.18 Å². The molecule has 0 saturated carbocycles. The first-order chi connectivity index (χ1) is 7.82. The molecule has 2 N–H and O–H groups in total. The highest BCUT2D eigenvalue weighted by atomic mass is 127. The lowest BCUT2D eigenvalue weighted by atomic mass is 10.1. The van der Waals surface area contributed by atoms with Gasteiger partial charge in [-0.1, -0.05) is 12.1 Å². The van der Waals surface area contributed by atoms with Crippen LogP contribution in [0.4, 0.5) is 18.9 Å². The zero-order chi connectivity index (χ0) is 13.1. The summed E-state index contributed by atoms with van der Waals surface area (Å²) >= 11 is 1.95. The summed E-state index contributed by atoms with van der Waals surface area (Å²) in [6.45, 7) is -0.682. The molecule has 94 valence electrons. The molecule has 17 heavy (non-hydrogen) atoms. The van der Waals surface area contributed by atoms with E-state index < -0.39 is 24.6 Å². The van der Waals surface area contributed by atoms with Gasteiger partial charge < -0.3 is 10.4 Å². The fraction of sp³-hybridized carbons (Fsp3) is 0.300. The SMILES string of the molecule is O=C(O)C(CNc1ccccc1I)C(F)(F)F. The number of halogens is 4. The third kappa shape index (κ3) is 4.06. The third-order valence-electron chi connectivity index (χ3n) is 2.06. The molecule has 0 fully saturated rings. The molecule has 7 heteroatoms. The van der Waals surface area contributed by atoms with Crippen molar-refractivity contribution in [2.24, 2.45) is 5.92 Å². The minimum atomic E-state index is -4.75. The molecule has 0 aliphatic rings. The Balaban J connectivity index is 2.72. The molecule has 1 aromatic carbocycles. The molecule has 0 aliphatic heterocycles. The Bertz CT molecular complexity index is 409. The second kappa shape index (κ2) is 5.56.